The number of nitrogens with zero attached hydrogens (tertiary/aromatic N) is 3. The molecule has 4 rings (SSSR count). The number of hydrogen-bond donors (Lipinski definition) is 2. The lowest BCUT2D eigenvalue weighted by molar-refractivity contribution is -0.00204. The van der Waals surface area contributed by atoms with Crippen molar-refractivity contribution in [3.63, 3.8) is 0 Å². The summed E-state index contributed by atoms with van der Waals surface area (Å²) in [6.45, 7) is 0.605. The van der Waals surface area contributed by atoms with E-state index in [4.69, 9.17) is 4.74 Å². The van der Waals surface area contributed by atoms with E-state index >= 15 is 0 Å². The fourth-order valence-corrected chi connectivity index (χ4v) is 3.46. The highest BCUT2D eigenvalue weighted by molar-refractivity contribution is 5.90. The number of nitrogens with one attached hydrogen (secondary N) is 2. The van der Waals surface area contributed by atoms with Gasteiger partial charge < -0.3 is 15.4 Å². The first-order valence-electron chi connectivity index (χ1n) is 9.37. The van der Waals surface area contributed by atoms with Crippen LogP contribution in [0.15, 0.2) is 60.9 Å². The Bertz CT molecular complexity index is 941. The van der Waals surface area contributed by atoms with Crippen LogP contribution >= 0.6 is 0 Å². The largest absolute Gasteiger partial charge is 0.372 e. The summed E-state index contributed by atoms with van der Waals surface area (Å²) in [5, 5.41) is 10.2. The van der Waals surface area contributed by atoms with E-state index in [1.54, 1.807) is 18.5 Å². The molecule has 2 unspecified atom stereocenters. The van der Waals surface area contributed by atoms with Crippen molar-refractivity contribution in [2.75, 3.05) is 11.9 Å². The molecule has 1 aliphatic rings. The van der Waals surface area contributed by atoms with Gasteiger partial charge in [-0.15, -0.1) is 0 Å². The molecule has 144 valence electrons. The second kappa shape index (κ2) is 8.22. The standard InChI is InChI=1S/C21H23N5O2/c1-26-19(8-11-23-26)20-14-17(9-12-28-20)25-21(27)24-16-7-10-22-18(13-16)15-5-3-2-4-6-15/h2-8,10-11,13,17,20H,9,12,14H2,1H3,(H2,22,24,25,27). The van der Waals surface area contributed by atoms with Crippen LogP contribution in [0.1, 0.15) is 24.6 Å². The lowest BCUT2D eigenvalue weighted by Crippen LogP contribution is -2.42. The van der Waals surface area contributed by atoms with Crippen LogP contribution in [0.25, 0.3) is 11.3 Å². The highest BCUT2D eigenvalue weighted by Gasteiger charge is 2.26. The van der Waals surface area contributed by atoms with Gasteiger partial charge in [0.15, 0.2) is 0 Å². The third kappa shape index (κ3) is 4.20. The molecular weight excluding hydrogens is 354 g/mol. The summed E-state index contributed by atoms with van der Waals surface area (Å²) in [4.78, 5) is 16.9. The molecule has 7 heteroatoms. The van der Waals surface area contributed by atoms with Gasteiger partial charge >= 0.3 is 6.03 Å². The second-order valence-corrected chi connectivity index (χ2v) is 6.85. The van der Waals surface area contributed by atoms with Crippen LogP contribution < -0.4 is 10.6 Å². The first kappa shape index (κ1) is 18.2. The molecule has 0 aliphatic carbocycles. The Balaban J connectivity index is 1.37. The van der Waals surface area contributed by atoms with E-state index in [-0.39, 0.29) is 18.2 Å². The maximum atomic E-state index is 12.5. The third-order valence-corrected chi connectivity index (χ3v) is 4.90. The Kier molecular flexibility index (Phi) is 5.34. The summed E-state index contributed by atoms with van der Waals surface area (Å²) < 4.78 is 7.67. The lowest BCUT2D eigenvalue weighted by Gasteiger charge is -2.30. The molecule has 0 spiro atoms. The van der Waals surface area contributed by atoms with Crippen molar-refractivity contribution in [3.05, 3.63) is 66.6 Å². The van der Waals surface area contributed by atoms with Crippen molar-refractivity contribution in [3.8, 4) is 11.3 Å². The molecule has 0 bridgehead atoms. The van der Waals surface area contributed by atoms with Crippen LogP contribution in [0.3, 0.4) is 0 Å². The number of carbonyl (C=O) groups excluding carboxylic acids is 1. The Morgan fingerprint density at radius 1 is 1.18 bits per heavy atom. The monoisotopic (exact) mass is 377 g/mol. The van der Waals surface area contributed by atoms with Crippen LogP contribution in [0.2, 0.25) is 0 Å². The van der Waals surface area contributed by atoms with Crippen molar-refractivity contribution >= 4 is 11.7 Å². The number of rotatable bonds is 4. The van der Waals surface area contributed by atoms with E-state index in [0.29, 0.717) is 12.3 Å². The van der Waals surface area contributed by atoms with Gasteiger partial charge in [-0.1, -0.05) is 30.3 Å². The molecular formula is C21H23N5O2. The fraction of sp³-hybridized carbons (Fsp3) is 0.286. The molecule has 7 nitrogen and oxygen atoms in total. The number of amides is 2. The van der Waals surface area contributed by atoms with Gasteiger partial charge in [0, 0.05) is 43.3 Å². The normalized spacial score (nSPS) is 19.2. The number of carbonyl (C=O) groups is 1. The topological polar surface area (TPSA) is 81.1 Å². The minimum Gasteiger partial charge on any atom is -0.372 e. The van der Waals surface area contributed by atoms with E-state index in [0.717, 1.165) is 29.8 Å². The molecule has 1 saturated heterocycles. The Hall–Kier alpha value is -3.19. The van der Waals surface area contributed by atoms with Gasteiger partial charge in [0.05, 0.1) is 11.4 Å². The summed E-state index contributed by atoms with van der Waals surface area (Å²) >= 11 is 0. The summed E-state index contributed by atoms with van der Waals surface area (Å²) in [5.74, 6) is 0. The molecule has 2 atom stereocenters. The van der Waals surface area contributed by atoms with E-state index < -0.39 is 0 Å². The van der Waals surface area contributed by atoms with Gasteiger partial charge in [-0.3, -0.25) is 9.67 Å². The number of benzene rings is 1. The molecule has 3 aromatic rings. The minimum absolute atomic E-state index is 0.0454. The van der Waals surface area contributed by atoms with Crippen LogP contribution in [-0.2, 0) is 11.8 Å². The van der Waals surface area contributed by atoms with Crippen molar-refractivity contribution < 1.29 is 9.53 Å². The summed E-state index contributed by atoms with van der Waals surface area (Å²) in [5.41, 5.74) is 3.56. The molecule has 0 radical (unpaired) electrons. The molecule has 1 fully saturated rings. The minimum atomic E-state index is -0.221. The Morgan fingerprint density at radius 2 is 2.04 bits per heavy atom. The predicted octanol–water partition coefficient (Wildman–Crippen LogP) is 3.52. The molecule has 1 aliphatic heterocycles. The number of pyridine rings is 1. The summed E-state index contributed by atoms with van der Waals surface area (Å²) in [6, 6.07) is 15.3. The van der Waals surface area contributed by atoms with E-state index in [9.17, 15) is 4.79 Å². The molecule has 28 heavy (non-hydrogen) atoms. The molecule has 0 saturated carbocycles. The molecule has 2 amide bonds. The number of hydrogen-bond acceptors (Lipinski definition) is 4. The van der Waals surface area contributed by atoms with E-state index in [2.05, 4.69) is 20.7 Å². The molecule has 1 aromatic carbocycles. The van der Waals surface area contributed by atoms with Gasteiger partial charge in [-0.25, -0.2) is 4.79 Å². The van der Waals surface area contributed by atoms with Crippen LogP contribution in [0, 0.1) is 0 Å². The molecule has 2 N–H and O–H groups in total. The van der Waals surface area contributed by atoms with Crippen LogP contribution in [0.4, 0.5) is 10.5 Å². The quantitative estimate of drug-likeness (QED) is 0.729. The fourth-order valence-electron chi connectivity index (χ4n) is 3.46. The average molecular weight is 377 g/mol. The van der Waals surface area contributed by atoms with E-state index in [1.165, 1.54) is 0 Å². The Labute approximate surface area is 163 Å². The summed E-state index contributed by atoms with van der Waals surface area (Å²) in [7, 11) is 1.90. The summed E-state index contributed by atoms with van der Waals surface area (Å²) in [6.07, 6.45) is 4.91. The zero-order valence-corrected chi connectivity index (χ0v) is 15.7. The van der Waals surface area contributed by atoms with Gasteiger partial charge in [-0.05, 0) is 31.0 Å². The maximum Gasteiger partial charge on any atom is 0.319 e. The third-order valence-electron chi connectivity index (χ3n) is 4.90. The number of anilines is 1. The van der Waals surface area contributed by atoms with E-state index in [1.807, 2.05) is 54.2 Å². The zero-order chi connectivity index (χ0) is 19.3. The maximum absolute atomic E-state index is 12.5. The van der Waals surface area contributed by atoms with Crippen LogP contribution in [0.5, 0.6) is 0 Å². The lowest BCUT2D eigenvalue weighted by atomic mass is 10.0. The number of urea groups is 1. The molecule has 3 heterocycles. The number of ether oxygens (including phenoxy) is 1. The number of aryl methyl sites for hydroxylation is 1. The van der Waals surface area contributed by atoms with Gasteiger partial charge in [-0.2, -0.15) is 5.10 Å². The smallest absolute Gasteiger partial charge is 0.319 e. The predicted molar refractivity (Wildman–Crippen MR) is 107 cm³/mol. The highest BCUT2D eigenvalue weighted by Crippen LogP contribution is 2.27. The van der Waals surface area contributed by atoms with Gasteiger partial charge in [0.1, 0.15) is 6.10 Å². The van der Waals surface area contributed by atoms with Crippen molar-refractivity contribution in [2.24, 2.45) is 7.05 Å². The first-order chi connectivity index (χ1) is 13.7. The molecule has 2 aromatic heterocycles. The SMILES string of the molecule is Cn1nccc1C1CC(NC(=O)Nc2ccnc(-c3ccccc3)c2)CCO1. The van der Waals surface area contributed by atoms with Gasteiger partial charge in [0.25, 0.3) is 0 Å². The van der Waals surface area contributed by atoms with Crippen molar-refractivity contribution in [1.29, 1.82) is 0 Å². The average Bonchev–Trinajstić information content (AvgIpc) is 3.15. The Morgan fingerprint density at radius 3 is 2.82 bits per heavy atom. The number of aromatic nitrogens is 3. The highest BCUT2D eigenvalue weighted by atomic mass is 16.5. The van der Waals surface area contributed by atoms with Crippen molar-refractivity contribution in [2.45, 2.75) is 25.0 Å². The second-order valence-electron chi connectivity index (χ2n) is 6.85. The zero-order valence-electron chi connectivity index (χ0n) is 15.7. The van der Waals surface area contributed by atoms with Crippen molar-refractivity contribution in [1.82, 2.24) is 20.1 Å². The van der Waals surface area contributed by atoms with Crippen LogP contribution in [-0.4, -0.2) is 33.4 Å². The van der Waals surface area contributed by atoms with Gasteiger partial charge in [0.2, 0.25) is 0 Å². The first-order valence-corrected chi connectivity index (χ1v) is 9.37.